The SMILES string of the molecule is CC(=O)c1ccc(S(=O)(=O)NCc2ccc(C(=O)NCCCc3ccc(N(C)C)cc3)cc2)cc1. The van der Waals surface area contributed by atoms with Gasteiger partial charge in [-0.05, 0) is 67.3 Å². The Bertz CT molecular complexity index is 1250. The van der Waals surface area contributed by atoms with E-state index in [4.69, 9.17) is 0 Å². The molecule has 0 saturated carbocycles. The highest BCUT2D eigenvalue weighted by molar-refractivity contribution is 7.89. The second-order valence-corrected chi connectivity index (χ2v) is 10.3. The van der Waals surface area contributed by atoms with Crippen LogP contribution in [0.15, 0.2) is 77.7 Å². The number of anilines is 1. The van der Waals surface area contributed by atoms with Crippen molar-refractivity contribution in [1.82, 2.24) is 10.0 Å². The number of nitrogens with one attached hydrogen (secondary N) is 2. The van der Waals surface area contributed by atoms with Crippen LogP contribution in [0.2, 0.25) is 0 Å². The number of nitrogens with zero attached hydrogens (tertiary/aromatic N) is 1. The number of aryl methyl sites for hydroxylation is 1. The number of rotatable bonds is 11. The molecule has 0 unspecified atom stereocenters. The van der Waals surface area contributed by atoms with E-state index in [0.29, 0.717) is 17.7 Å². The van der Waals surface area contributed by atoms with Gasteiger partial charge in [0, 0.05) is 44.0 Å². The van der Waals surface area contributed by atoms with Crippen molar-refractivity contribution in [3.05, 3.63) is 95.1 Å². The van der Waals surface area contributed by atoms with Gasteiger partial charge in [0.15, 0.2) is 5.78 Å². The minimum absolute atomic E-state index is 0.0886. The van der Waals surface area contributed by atoms with Crippen LogP contribution in [0.4, 0.5) is 5.69 Å². The number of Topliss-reactive ketones (excluding diaryl/α,β-unsaturated/α-hetero) is 1. The Hall–Kier alpha value is -3.49. The standard InChI is InChI=1S/C27H31N3O4S/c1-20(31)23-12-16-26(17-13-23)35(33,34)29-19-22-6-10-24(11-7-22)27(32)28-18-4-5-21-8-14-25(15-9-21)30(2)3/h6-17,29H,4-5,18-19H2,1-3H3,(H,28,32). The number of carbonyl (C=O) groups excluding carboxylic acids is 2. The summed E-state index contributed by atoms with van der Waals surface area (Å²) >= 11 is 0. The number of amides is 1. The lowest BCUT2D eigenvalue weighted by molar-refractivity contribution is 0.0952. The highest BCUT2D eigenvalue weighted by Crippen LogP contribution is 2.14. The molecule has 0 fully saturated rings. The van der Waals surface area contributed by atoms with E-state index in [1.165, 1.54) is 36.8 Å². The zero-order valence-corrected chi connectivity index (χ0v) is 21.1. The van der Waals surface area contributed by atoms with Crippen LogP contribution in [-0.2, 0) is 23.0 Å². The third kappa shape index (κ3) is 7.50. The largest absolute Gasteiger partial charge is 0.378 e. The molecule has 3 aromatic carbocycles. The second-order valence-electron chi connectivity index (χ2n) is 8.52. The lowest BCUT2D eigenvalue weighted by Crippen LogP contribution is -2.25. The Morgan fingerprint density at radius 2 is 1.37 bits per heavy atom. The average molecular weight is 494 g/mol. The van der Waals surface area contributed by atoms with Crippen LogP contribution in [0.3, 0.4) is 0 Å². The molecule has 0 aliphatic heterocycles. The Kier molecular flexibility index (Phi) is 8.78. The van der Waals surface area contributed by atoms with Crippen LogP contribution in [0.1, 0.15) is 45.2 Å². The number of ketones is 1. The molecule has 3 rings (SSSR count). The van der Waals surface area contributed by atoms with E-state index in [0.717, 1.165) is 24.1 Å². The summed E-state index contributed by atoms with van der Waals surface area (Å²) in [6.07, 6.45) is 1.71. The van der Waals surface area contributed by atoms with E-state index < -0.39 is 10.0 Å². The summed E-state index contributed by atoms with van der Waals surface area (Å²) in [5.74, 6) is -0.286. The highest BCUT2D eigenvalue weighted by Gasteiger charge is 2.14. The van der Waals surface area contributed by atoms with Gasteiger partial charge in [0.05, 0.1) is 4.90 Å². The molecule has 3 aromatic rings. The van der Waals surface area contributed by atoms with Crippen LogP contribution in [0.5, 0.6) is 0 Å². The molecule has 1 amide bonds. The molecule has 0 spiro atoms. The fourth-order valence-corrected chi connectivity index (χ4v) is 4.48. The lowest BCUT2D eigenvalue weighted by atomic mass is 10.1. The minimum Gasteiger partial charge on any atom is -0.378 e. The summed E-state index contributed by atoms with van der Waals surface area (Å²) in [6.45, 7) is 2.08. The predicted molar refractivity (Wildman–Crippen MR) is 138 cm³/mol. The topological polar surface area (TPSA) is 95.6 Å². The minimum atomic E-state index is -3.71. The van der Waals surface area contributed by atoms with Crippen LogP contribution in [0.25, 0.3) is 0 Å². The monoisotopic (exact) mass is 493 g/mol. The summed E-state index contributed by atoms with van der Waals surface area (Å²) < 4.78 is 27.5. The second kappa shape index (κ2) is 11.8. The van der Waals surface area contributed by atoms with E-state index in [2.05, 4.69) is 39.2 Å². The number of carbonyl (C=O) groups is 2. The van der Waals surface area contributed by atoms with E-state index in [9.17, 15) is 18.0 Å². The van der Waals surface area contributed by atoms with Gasteiger partial charge in [-0.2, -0.15) is 0 Å². The first kappa shape index (κ1) is 26.1. The number of sulfonamides is 1. The van der Waals surface area contributed by atoms with Gasteiger partial charge in [0.2, 0.25) is 10.0 Å². The predicted octanol–water partition coefficient (Wildman–Crippen LogP) is 3.80. The van der Waals surface area contributed by atoms with Gasteiger partial charge < -0.3 is 10.2 Å². The molecule has 0 saturated heterocycles. The van der Waals surface area contributed by atoms with Crippen molar-refractivity contribution in [1.29, 1.82) is 0 Å². The Balaban J connectivity index is 1.45. The van der Waals surface area contributed by atoms with Crippen molar-refractivity contribution in [2.45, 2.75) is 31.2 Å². The van der Waals surface area contributed by atoms with Crippen molar-refractivity contribution in [3.8, 4) is 0 Å². The number of hydrogen-bond donors (Lipinski definition) is 2. The first-order valence-electron chi connectivity index (χ1n) is 11.4. The van der Waals surface area contributed by atoms with Gasteiger partial charge in [-0.25, -0.2) is 13.1 Å². The Morgan fingerprint density at radius 3 is 1.94 bits per heavy atom. The fraction of sp³-hybridized carbons (Fsp3) is 0.259. The maximum absolute atomic E-state index is 12.5. The maximum Gasteiger partial charge on any atom is 0.251 e. The van der Waals surface area contributed by atoms with Gasteiger partial charge in [-0.3, -0.25) is 9.59 Å². The summed E-state index contributed by atoms with van der Waals surface area (Å²) in [7, 11) is 0.298. The normalized spacial score (nSPS) is 11.2. The van der Waals surface area contributed by atoms with Crippen LogP contribution < -0.4 is 14.9 Å². The third-order valence-electron chi connectivity index (χ3n) is 5.63. The van der Waals surface area contributed by atoms with Crippen LogP contribution in [-0.4, -0.2) is 40.7 Å². The van der Waals surface area contributed by atoms with Crippen molar-refractivity contribution in [2.24, 2.45) is 0 Å². The molecule has 35 heavy (non-hydrogen) atoms. The molecule has 0 aliphatic rings. The Labute approximate surface area is 207 Å². The fourth-order valence-electron chi connectivity index (χ4n) is 3.46. The van der Waals surface area contributed by atoms with Gasteiger partial charge in [-0.15, -0.1) is 0 Å². The molecule has 0 aliphatic carbocycles. The molecule has 184 valence electrons. The lowest BCUT2D eigenvalue weighted by Gasteiger charge is -2.12. The van der Waals surface area contributed by atoms with E-state index in [-0.39, 0.29) is 23.1 Å². The van der Waals surface area contributed by atoms with Gasteiger partial charge in [0.25, 0.3) is 5.91 Å². The highest BCUT2D eigenvalue weighted by atomic mass is 32.2. The number of hydrogen-bond acceptors (Lipinski definition) is 5. The smallest absolute Gasteiger partial charge is 0.251 e. The third-order valence-corrected chi connectivity index (χ3v) is 7.05. The molecule has 7 nitrogen and oxygen atoms in total. The van der Waals surface area contributed by atoms with E-state index >= 15 is 0 Å². The summed E-state index contributed by atoms with van der Waals surface area (Å²) in [5.41, 5.74) is 4.09. The molecule has 0 atom stereocenters. The Morgan fingerprint density at radius 1 is 0.800 bits per heavy atom. The molecule has 0 aromatic heterocycles. The van der Waals surface area contributed by atoms with Crippen molar-refractivity contribution in [3.63, 3.8) is 0 Å². The zero-order chi connectivity index (χ0) is 25.4. The van der Waals surface area contributed by atoms with Crippen LogP contribution in [0, 0.1) is 0 Å². The molecular formula is C27H31N3O4S. The summed E-state index contributed by atoms with van der Waals surface area (Å²) in [6, 6.07) is 21.0. The van der Waals surface area contributed by atoms with Gasteiger partial charge >= 0.3 is 0 Å². The van der Waals surface area contributed by atoms with Crippen LogP contribution >= 0.6 is 0 Å². The quantitative estimate of drug-likeness (QED) is 0.313. The van der Waals surface area contributed by atoms with E-state index in [1.807, 2.05) is 14.1 Å². The van der Waals surface area contributed by atoms with Gasteiger partial charge in [0.1, 0.15) is 0 Å². The van der Waals surface area contributed by atoms with E-state index in [1.54, 1.807) is 24.3 Å². The molecule has 0 bridgehead atoms. The van der Waals surface area contributed by atoms with Crippen molar-refractivity contribution in [2.75, 3.05) is 25.5 Å². The van der Waals surface area contributed by atoms with Crippen molar-refractivity contribution < 1.29 is 18.0 Å². The summed E-state index contributed by atoms with van der Waals surface area (Å²) in [5, 5.41) is 2.93. The number of benzene rings is 3. The zero-order valence-electron chi connectivity index (χ0n) is 20.2. The van der Waals surface area contributed by atoms with Crippen molar-refractivity contribution >= 4 is 27.4 Å². The maximum atomic E-state index is 12.5. The molecule has 0 heterocycles. The first-order chi connectivity index (χ1) is 16.7. The molecular weight excluding hydrogens is 462 g/mol. The van der Waals surface area contributed by atoms with Gasteiger partial charge in [-0.1, -0.05) is 36.4 Å². The average Bonchev–Trinajstić information content (AvgIpc) is 2.86. The first-order valence-corrected chi connectivity index (χ1v) is 12.9. The summed E-state index contributed by atoms with van der Waals surface area (Å²) in [4.78, 5) is 25.9. The molecule has 8 heteroatoms. The molecule has 2 N–H and O–H groups in total. The molecule has 0 radical (unpaired) electrons.